The zero-order valence-electron chi connectivity index (χ0n) is 13.5. The molecule has 6 nitrogen and oxygen atoms in total. The highest BCUT2D eigenvalue weighted by Crippen LogP contribution is 2.20. The summed E-state index contributed by atoms with van der Waals surface area (Å²) in [6.07, 6.45) is 5.53. The number of nitrogens with one attached hydrogen (secondary N) is 2. The monoisotopic (exact) mass is 332 g/mol. The molecule has 7 heteroatoms. The first-order valence-electron chi connectivity index (χ1n) is 8.02. The Morgan fingerprint density at radius 2 is 2.25 bits per heavy atom. The van der Waals surface area contributed by atoms with Gasteiger partial charge in [-0.25, -0.2) is 14.2 Å². The molecule has 2 heterocycles. The molecule has 3 rings (SSSR count). The van der Waals surface area contributed by atoms with E-state index >= 15 is 0 Å². The third-order valence-electron chi connectivity index (χ3n) is 4.11. The Bertz CT molecular complexity index is 680. The lowest BCUT2D eigenvalue weighted by molar-refractivity contribution is 0.111. The van der Waals surface area contributed by atoms with E-state index in [1.165, 1.54) is 12.1 Å². The number of hydrogen-bond donors (Lipinski definition) is 2. The van der Waals surface area contributed by atoms with E-state index in [-0.39, 0.29) is 18.0 Å². The molecular formula is C17H21FN4O2. The summed E-state index contributed by atoms with van der Waals surface area (Å²) in [6.45, 7) is 1.22. The molecule has 1 aromatic carbocycles. The molecule has 24 heavy (non-hydrogen) atoms. The first-order valence-corrected chi connectivity index (χ1v) is 8.02. The predicted octanol–water partition coefficient (Wildman–Crippen LogP) is 2.13. The van der Waals surface area contributed by atoms with Gasteiger partial charge >= 0.3 is 6.03 Å². The minimum absolute atomic E-state index is 0.0770. The van der Waals surface area contributed by atoms with Crippen molar-refractivity contribution in [2.75, 3.05) is 13.2 Å². The molecule has 1 aliphatic rings. The molecule has 0 aliphatic carbocycles. The molecule has 1 aliphatic heterocycles. The average molecular weight is 332 g/mol. The Morgan fingerprint density at radius 3 is 2.88 bits per heavy atom. The Morgan fingerprint density at radius 1 is 1.46 bits per heavy atom. The first-order chi connectivity index (χ1) is 11.6. The van der Waals surface area contributed by atoms with Gasteiger partial charge in [-0.05, 0) is 30.5 Å². The van der Waals surface area contributed by atoms with Crippen molar-refractivity contribution in [3.05, 3.63) is 53.9 Å². The van der Waals surface area contributed by atoms with Crippen LogP contribution in [0.4, 0.5) is 9.18 Å². The number of carbonyl (C=O) groups is 1. The molecule has 2 amide bonds. The summed E-state index contributed by atoms with van der Waals surface area (Å²) >= 11 is 0. The summed E-state index contributed by atoms with van der Waals surface area (Å²) in [5, 5.41) is 5.74. The summed E-state index contributed by atoms with van der Waals surface area (Å²) in [6, 6.07) is 5.27. The molecule has 0 radical (unpaired) electrons. The number of nitrogens with zero attached hydrogens (tertiary/aromatic N) is 2. The molecule has 1 fully saturated rings. The van der Waals surface area contributed by atoms with Crippen LogP contribution >= 0.6 is 0 Å². The topological polar surface area (TPSA) is 68.2 Å². The maximum atomic E-state index is 13.2. The Balaban J connectivity index is 1.71. The van der Waals surface area contributed by atoms with Crippen molar-refractivity contribution in [3.63, 3.8) is 0 Å². The highest BCUT2D eigenvalue weighted by atomic mass is 19.1. The quantitative estimate of drug-likeness (QED) is 0.881. The van der Waals surface area contributed by atoms with Crippen molar-refractivity contribution < 1.29 is 13.9 Å². The van der Waals surface area contributed by atoms with Gasteiger partial charge in [-0.15, -0.1) is 0 Å². The van der Waals surface area contributed by atoms with E-state index in [0.717, 1.165) is 25.0 Å². The molecule has 0 saturated carbocycles. The van der Waals surface area contributed by atoms with Crippen molar-refractivity contribution in [1.29, 1.82) is 0 Å². The second-order valence-electron chi connectivity index (χ2n) is 5.87. The molecule has 1 aromatic heterocycles. The maximum absolute atomic E-state index is 13.2. The molecule has 2 unspecified atom stereocenters. The summed E-state index contributed by atoms with van der Waals surface area (Å²) in [5.74, 6) is 0.356. The van der Waals surface area contributed by atoms with Gasteiger partial charge in [-0.2, -0.15) is 0 Å². The largest absolute Gasteiger partial charge is 0.376 e. The fourth-order valence-electron chi connectivity index (χ4n) is 2.80. The van der Waals surface area contributed by atoms with Crippen LogP contribution in [0.2, 0.25) is 0 Å². The van der Waals surface area contributed by atoms with Crippen molar-refractivity contribution in [1.82, 2.24) is 20.2 Å². The number of urea groups is 1. The highest BCUT2D eigenvalue weighted by molar-refractivity contribution is 5.74. The van der Waals surface area contributed by atoms with E-state index in [0.29, 0.717) is 12.4 Å². The molecule has 0 bridgehead atoms. The molecule has 0 spiro atoms. The van der Waals surface area contributed by atoms with E-state index in [1.54, 1.807) is 24.5 Å². The summed E-state index contributed by atoms with van der Waals surface area (Å²) in [4.78, 5) is 16.6. The zero-order chi connectivity index (χ0) is 16.9. The molecule has 1 saturated heterocycles. The molecule has 2 atom stereocenters. The number of ether oxygens (including phenoxy) is 1. The minimum Gasteiger partial charge on any atom is -0.376 e. The van der Waals surface area contributed by atoms with E-state index in [9.17, 15) is 9.18 Å². The van der Waals surface area contributed by atoms with Crippen molar-refractivity contribution in [2.24, 2.45) is 7.05 Å². The smallest absolute Gasteiger partial charge is 0.315 e. The number of carbonyl (C=O) groups excluding carboxylic acids is 1. The van der Waals surface area contributed by atoms with Gasteiger partial charge < -0.3 is 19.9 Å². The number of benzene rings is 1. The van der Waals surface area contributed by atoms with Crippen LogP contribution in [0, 0.1) is 5.82 Å². The number of amides is 2. The fourth-order valence-corrected chi connectivity index (χ4v) is 2.80. The molecule has 128 valence electrons. The van der Waals surface area contributed by atoms with Gasteiger partial charge in [0, 0.05) is 32.6 Å². The number of rotatable bonds is 5. The van der Waals surface area contributed by atoms with Crippen LogP contribution in [0.1, 0.15) is 30.3 Å². The van der Waals surface area contributed by atoms with Gasteiger partial charge in [0.1, 0.15) is 17.7 Å². The van der Waals surface area contributed by atoms with Crippen LogP contribution in [0.5, 0.6) is 0 Å². The molecular weight excluding hydrogens is 311 g/mol. The second-order valence-corrected chi connectivity index (χ2v) is 5.87. The Kier molecular flexibility index (Phi) is 5.10. The van der Waals surface area contributed by atoms with E-state index in [1.807, 2.05) is 11.6 Å². The second kappa shape index (κ2) is 7.44. The highest BCUT2D eigenvalue weighted by Gasteiger charge is 2.22. The summed E-state index contributed by atoms with van der Waals surface area (Å²) < 4.78 is 20.5. The third-order valence-corrected chi connectivity index (χ3v) is 4.11. The van der Waals surface area contributed by atoms with Crippen LogP contribution in [-0.4, -0.2) is 34.8 Å². The number of aryl methyl sites for hydroxylation is 1. The van der Waals surface area contributed by atoms with Crippen LogP contribution < -0.4 is 10.6 Å². The van der Waals surface area contributed by atoms with Crippen molar-refractivity contribution >= 4 is 6.03 Å². The van der Waals surface area contributed by atoms with Crippen LogP contribution in [-0.2, 0) is 11.8 Å². The lowest BCUT2D eigenvalue weighted by Gasteiger charge is -2.20. The molecule has 2 aromatic rings. The van der Waals surface area contributed by atoms with E-state index in [4.69, 9.17) is 4.74 Å². The Labute approximate surface area is 140 Å². The maximum Gasteiger partial charge on any atom is 0.315 e. The van der Waals surface area contributed by atoms with E-state index < -0.39 is 6.04 Å². The first kappa shape index (κ1) is 16.4. The van der Waals surface area contributed by atoms with Crippen molar-refractivity contribution in [3.8, 4) is 0 Å². The average Bonchev–Trinajstić information content (AvgIpc) is 3.23. The third kappa shape index (κ3) is 3.91. The summed E-state index contributed by atoms with van der Waals surface area (Å²) in [5.41, 5.74) is 0.762. The fraction of sp³-hybridized carbons (Fsp3) is 0.412. The summed E-state index contributed by atoms with van der Waals surface area (Å²) in [7, 11) is 1.85. The Hall–Kier alpha value is -2.41. The van der Waals surface area contributed by atoms with Crippen LogP contribution in [0.15, 0.2) is 36.7 Å². The lowest BCUT2D eigenvalue weighted by atomic mass is 10.1. The van der Waals surface area contributed by atoms with Gasteiger partial charge in [0.2, 0.25) is 0 Å². The standard InChI is InChI=1S/C17H21FN4O2/c1-22-9-8-19-16(22)15(12-4-6-13(18)7-5-12)21-17(23)20-11-14-3-2-10-24-14/h4-9,14-15H,2-3,10-11H2,1H3,(H2,20,21,23). The lowest BCUT2D eigenvalue weighted by Crippen LogP contribution is -2.42. The van der Waals surface area contributed by atoms with Gasteiger partial charge in [0.05, 0.1) is 6.10 Å². The predicted molar refractivity (Wildman–Crippen MR) is 87.0 cm³/mol. The van der Waals surface area contributed by atoms with Gasteiger partial charge in [0.15, 0.2) is 0 Å². The number of halogens is 1. The zero-order valence-corrected chi connectivity index (χ0v) is 13.5. The normalized spacial score (nSPS) is 18.3. The number of hydrogen-bond acceptors (Lipinski definition) is 3. The van der Waals surface area contributed by atoms with Gasteiger partial charge in [-0.1, -0.05) is 12.1 Å². The number of aromatic nitrogens is 2. The SMILES string of the molecule is Cn1ccnc1C(NC(=O)NCC1CCCO1)c1ccc(F)cc1. The van der Waals surface area contributed by atoms with E-state index in [2.05, 4.69) is 15.6 Å². The van der Waals surface area contributed by atoms with Crippen LogP contribution in [0.3, 0.4) is 0 Å². The van der Waals surface area contributed by atoms with Crippen molar-refractivity contribution in [2.45, 2.75) is 25.0 Å². The molecule has 2 N–H and O–H groups in total. The number of imidazole rings is 1. The van der Waals surface area contributed by atoms with Crippen LogP contribution in [0.25, 0.3) is 0 Å². The van der Waals surface area contributed by atoms with Gasteiger partial charge in [0.25, 0.3) is 0 Å². The minimum atomic E-state index is -0.463. The van der Waals surface area contributed by atoms with Gasteiger partial charge in [-0.3, -0.25) is 0 Å².